The van der Waals surface area contributed by atoms with Crippen LogP contribution in [0.25, 0.3) is 11.0 Å². The van der Waals surface area contributed by atoms with E-state index in [4.69, 9.17) is 9.15 Å². The number of rotatable bonds is 8. The van der Waals surface area contributed by atoms with Gasteiger partial charge in [0.1, 0.15) is 29.8 Å². The van der Waals surface area contributed by atoms with E-state index in [2.05, 4.69) is 43.5 Å². The molecule has 0 aliphatic heterocycles. The number of aliphatic hydroxyl groups excluding tert-OH is 1. The van der Waals surface area contributed by atoms with Gasteiger partial charge in [0, 0.05) is 30.5 Å². The van der Waals surface area contributed by atoms with Crippen molar-refractivity contribution in [3.05, 3.63) is 53.8 Å². The number of aliphatic hydroxyl groups is 1. The molecule has 0 spiro atoms. The molecule has 0 saturated carbocycles. The topological polar surface area (TPSA) is 54.6 Å². The molecular formula is C21H27NO3. The highest BCUT2D eigenvalue weighted by molar-refractivity contribution is 5.79. The van der Waals surface area contributed by atoms with Crippen LogP contribution in [0.15, 0.2) is 52.5 Å². The summed E-state index contributed by atoms with van der Waals surface area (Å²) in [5, 5.41) is 14.2. The van der Waals surface area contributed by atoms with E-state index in [0.29, 0.717) is 18.3 Å². The largest absolute Gasteiger partial charge is 0.491 e. The van der Waals surface area contributed by atoms with Gasteiger partial charge in [0.2, 0.25) is 0 Å². The third kappa shape index (κ3) is 5.21. The van der Waals surface area contributed by atoms with Crippen molar-refractivity contribution in [3.8, 4) is 5.75 Å². The highest BCUT2D eigenvalue weighted by atomic mass is 16.5. The maximum Gasteiger partial charge on any atom is 0.137 e. The van der Waals surface area contributed by atoms with Crippen LogP contribution in [0.1, 0.15) is 32.4 Å². The number of benzene rings is 1. The number of hydrogen-bond donors (Lipinski definition) is 2. The zero-order chi connectivity index (χ0) is 17.6. The van der Waals surface area contributed by atoms with E-state index in [-0.39, 0.29) is 6.61 Å². The van der Waals surface area contributed by atoms with Crippen LogP contribution in [-0.4, -0.2) is 30.4 Å². The van der Waals surface area contributed by atoms with Gasteiger partial charge in [-0.25, -0.2) is 0 Å². The van der Waals surface area contributed by atoms with Gasteiger partial charge < -0.3 is 19.6 Å². The van der Waals surface area contributed by atoms with Crippen LogP contribution >= 0.6 is 0 Å². The molecule has 134 valence electrons. The van der Waals surface area contributed by atoms with Gasteiger partial charge in [-0.1, -0.05) is 32.1 Å². The van der Waals surface area contributed by atoms with Gasteiger partial charge >= 0.3 is 0 Å². The van der Waals surface area contributed by atoms with E-state index in [0.717, 1.165) is 36.0 Å². The summed E-state index contributed by atoms with van der Waals surface area (Å²) < 4.78 is 11.7. The highest BCUT2D eigenvalue weighted by Crippen LogP contribution is 2.26. The number of allylic oxidation sites excluding steroid dienone is 4. The second-order valence-electron chi connectivity index (χ2n) is 6.88. The lowest BCUT2D eigenvalue weighted by molar-refractivity contribution is 0.104. The Morgan fingerprint density at radius 2 is 2.12 bits per heavy atom. The van der Waals surface area contributed by atoms with Crippen LogP contribution in [0.2, 0.25) is 0 Å². The molecule has 3 rings (SSSR count). The molecule has 1 aliphatic rings. The third-order valence-corrected chi connectivity index (χ3v) is 4.20. The lowest BCUT2D eigenvalue weighted by atomic mass is 10.0. The van der Waals surface area contributed by atoms with E-state index in [1.807, 2.05) is 18.2 Å². The normalized spacial score (nSPS) is 15.6. The fourth-order valence-corrected chi connectivity index (χ4v) is 2.87. The predicted octanol–water partition coefficient (Wildman–Crippen LogP) is 3.99. The predicted molar refractivity (Wildman–Crippen MR) is 101 cm³/mol. The van der Waals surface area contributed by atoms with Crippen LogP contribution in [0.3, 0.4) is 0 Å². The molecule has 1 aromatic heterocycles. The molecule has 2 N–H and O–H groups in total. The van der Waals surface area contributed by atoms with Crippen molar-refractivity contribution in [1.29, 1.82) is 0 Å². The number of hydrogen-bond acceptors (Lipinski definition) is 4. The van der Waals surface area contributed by atoms with E-state index in [9.17, 15) is 5.11 Å². The standard InChI is InChI=1S/C21H27NO3/c1-15(2)22-13-18(23)14-24-19-9-8-17-11-20(25-21(17)12-19)10-16-6-4-3-5-7-16/h4,6-9,11-12,15,18,22-23H,3,5,10,13-14H2,1-2H3. The number of ether oxygens (including phenoxy) is 1. The van der Waals surface area contributed by atoms with Gasteiger partial charge in [0.15, 0.2) is 0 Å². The maximum absolute atomic E-state index is 9.94. The fraction of sp³-hybridized carbons (Fsp3) is 0.429. The first-order valence-electron chi connectivity index (χ1n) is 9.02. The zero-order valence-electron chi connectivity index (χ0n) is 15.0. The third-order valence-electron chi connectivity index (χ3n) is 4.20. The minimum atomic E-state index is -0.532. The fourth-order valence-electron chi connectivity index (χ4n) is 2.87. The quantitative estimate of drug-likeness (QED) is 0.762. The van der Waals surface area contributed by atoms with Gasteiger partial charge in [0.25, 0.3) is 0 Å². The van der Waals surface area contributed by atoms with Crippen LogP contribution in [0.5, 0.6) is 5.75 Å². The van der Waals surface area contributed by atoms with Crippen molar-refractivity contribution >= 4 is 11.0 Å². The zero-order valence-corrected chi connectivity index (χ0v) is 15.0. The SMILES string of the molecule is CC(C)NCC(O)COc1ccc2cc(CC3=CCCC=C3)oc2c1. The monoisotopic (exact) mass is 341 g/mol. The molecule has 4 nitrogen and oxygen atoms in total. The Balaban J connectivity index is 1.60. The Labute approximate surface area is 149 Å². The molecule has 2 aromatic rings. The first-order chi connectivity index (χ1) is 12.1. The Morgan fingerprint density at radius 1 is 1.24 bits per heavy atom. The molecular weight excluding hydrogens is 314 g/mol. The first-order valence-corrected chi connectivity index (χ1v) is 9.02. The van der Waals surface area contributed by atoms with Crippen molar-refractivity contribution in [2.24, 2.45) is 0 Å². The summed E-state index contributed by atoms with van der Waals surface area (Å²) in [5.74, 6) is 1.68. The molecule has 1 aromatic carbocycles. The average Bonchev–Trinajstić information content (AvgIpc) is 3.00. The van der Waals surface area contributed by atoms with Gasteiger partial charge in [-0.15, -0.1) is 0 Å². The maximum atomic E-state index is 9.94. The van der Waals surface area contributed by atoms with Crippen molar-refractivity contribution in [2.75, 3.05) is 13.2 Å². The summed E-state index contributed by atoms with van der Waals surface area (Å²) in [4.78, 5) is 0. The number of fused-ring (bicyclic) bond motifs is 1. The van der Waals surface area contributed by atoms with Gasteiger partial charge in [-0.3, -0.25) is 0 Å². The van der Waals surface area contributed by atoms with Gasteiger partial charge in [-0.2, -0.15) is 0 Å². The van der Waals surface area contributed by atoms with Crippen molar-refractivity contribution in [2.45, 2.75) is 45.3 Å². The molecule has 0 amide bonds. The van der Waals surface area contributed by atoms with E-state index >= 15 is 0 Å². The molecule has 1 aliphatic carbocycles. The van der Waals surface area contributed by atoms with Crippen LogP contribution in [0.4, 0.5) is 0 Å². The Kier molecular flexibility index (Phi) is 5.95. The first kappa shape index (κ1) is 17.8. The minimum absolute atomic E-state index is 0.260. The van der Waals surface area contributed by atoms with Crippen molar-refractivity contribution < 1.29 is 14.3 Å². The molecule has 1 atom stereocenters. The Hall–Kier alpha value is -2.04. The second-order valence-corrected chi connectivity index (χ2v) is 6.88. The molecule has 1 heterocycles. The lowest BCUT2D eigenvalue weighted by Crippen LogP contribution is -2.35. The summed E-state index contributed by atoms with van der Waals surface area (Å²) in [7, 11) is 0. The van der Waals surface area contributed by atoms with Crippen LogP contribution in [-0.2, 0) is 6.42 Å². The van der Waals surface area contributed by atoms with Crippen molar-refractivity contribution in [3.63, 3.8) is 0 Å². The average molecular weight is 341 g/mol. The summed E-state index contributed by atoms with van der Waals surface area (Å²) in [5.41, 5.74) is 2.13. The van der Waals surface area contributed by atoms with Crippen molar-refractivity contribution in [1.82, 2.24) is 5.32 Å². The number of nitrogens with one attached hydrogen (secondary N) is 1. The molecule has 25 heavy (non-hydrogen) atoms. The van der Waals surface area contributed by atoms with Gasteiger partial charge in [-0.05, 0) is 36.6 Å². The molecule has 0 saturated heterocycles. The smallest absolute Gasteiger partial charge is 0.137 e. The van der Waals surface area contributed by atoms with Gasteiger partial charge in [0.05, 0.1) is 0 Å². The minimum Gasteiger partial charge on any atom is -0.491 e. The van der Waals surface area contributed by atoms with E-state index in [1.54, 1.807) is 0 Å². The summed E-state index contributed by atoms with van der Waals surface area (Å²) in [6, 6.07) is 8.25. The molecule has 0 fully saturated rings. The lowest BCUT2D eigenvalue weighted by Gasteiger charge is -2.14. The summed E-state index contributed by atoms with van der Waals surface area (Å²) >= 11 is 0. The highest BCUT2D eigenvalue weighted by Gasteiger charge is 2.09. The molecule has 0 bridgehead atoms. The van der Waals surface area contributed by atoms with E-state index in [1.165, 1.54) is 5.57 Å². The number of furan rings is 1. The van der Waals surface area contributed by atoms with Crippen LogP contribution < -0.4 is 10.1 Å². The van der Waals surface area contributed by atoms with Crippen LogP contribution in [0, 0.1) is 0 Å². The molecule has 4 heteroatoms. The summed E-state index contributed by atoms with van der Waals surface area (Å²) in [6.45, 7) is 4.88. The Bertz CT molecular complexity index is 758. The van der Waals surface area contributed by atoms with E-state index < -0.39 is 6.10 Å². The Morgan fingerprint density at radius 3 is 2.88 bits per heavy atom. The molecule has 0 radical (unpaired) electrons. The summed E-state index contributed by atoms with van der Waals surface area (Å²) in [6.07, 6.45) is 9.19. The second kappa shape index (κ2) is 8.37. The molecule has 1 unspecified atom stereocenters.